The molecule has 0 aliphatic carbocycles. The molecular weight excluding hydrogens is 953 g/mol. The van der Waals surface area contributed by atoms with Crippen LogP contribution in [-0.2, 0) is 60.4 Å². The van der Waals surface area contributed by atoms with E-state index in [1.807, 2.05) is 43.9 Å². The number of rotatable bonds is 13. The van der Waals surface area contributed by atoms with E-state index in [2.05, 4.69) is 20.6 Å². The molecule has 2 atom stereocenters. The first-order valence-corrected chi connectivity index (χ1v) is 27.9. The van der Waals surface area contributed by atoms with Crippen molar-refractivity contribution in [2.24, 2.45) is 11.8 Å². The SMILES string of the molecule is CC1(C)C2=[N+](CCCCCC(=O)NCC(C(=O)NCCCCCC(=O)NN)CC(=O)CCCCCC3(C)/C(=C/C=C/2)N(CCCS(=O)(=O)O)c2ccc(S(=O)(=O)O)cc23)c2ccc(S(=O)(=O)O)cc21. The second-order valence-electron chi connectivity index (χ2n) is 18.8. The number of ketones is 1. The minimum atomic E-state index is -4.65. The molecule has 22 heteroatoms. The van der Waals surface area contributed by atoms with Crippen LogP contribution >= 0.6 is 0 Å². The zero-order chi connectivity index (χ0) is 50.8. The maximum Gasteiger partial charge on any atom is 0.294 e. The van der Waals surface area contributed by atoms with E-state index in [1.165, 1.54) is 24.3 Å². The fraction of sp³-hybridized carbons (Fsp3) is 0.553. The number of Topliss-reactive ketones (excluding diaryl/α,β-unsaturated/α-hetero) is 1. The van der Waals surface area contributed by atoms with Gasteiger partial charge in [0.1, 0.15) is 12.3 Å². The van der Waals surface area contributed by atoms with Gasteiger partial charge in [-0.25, -0.2) is 5.84 Å². The van der Waals surface area contributed by atoms with Crippen molar-refractivity contribution < 1.29 is 62.7 Å². The van der Waals surface area contributed by atoms with Crippen LogP contribution in [0.4, 0.5) is 11.4 Å². The third-order valence-corrected chi connectivity index (χ3v) is 15.8. The van der Waals surface area contributed by atoms with Crippen molar-refractivity contribution in [1.29, 1.82) is 0 Å². The summed E-state index contributed by atoms with van der Waals surface area (Å²) in [5, 5.41) is 5.72. The predicted molar refractivity (Wildman–Crippen MR) is 260 cm³/mol. The highest BCUT2D eigenvalue weighted by Gasteiger charge is 2.46. The summed E-state index contributed by atoms with van der Waals surface area (Å²) in [4.78, 5) is 52.7. The standard InChI is InChI=1S/C47H66N6O13S3/c1-46(2)37-30-35(68(61,62)63)20-22-39(37)52-26-12-6-9-18-43(55)50-32-33(45(57)49-25-11-5-8-19-44(56)51-48)29-34(54)15-7-4-10-24-47(3)38-31-36(69(64,65)66)21-23-40(38)53(27-14-28-67(58,59)60)42(47)17-13-16-41(46)52/h13,16-17,20-23,30-31,33H,4-12,14-15,18-19,24-29,32,48H2,1-3H3,(H5-,49,50,51,55,56,57,58,59,60,61,62,63,64,65,66)/p+1. The van der Waals surface area contributed by atoms with Gasteiger partial charge in [0.2, 0.25) is 23.4 Å². The second kappa shape index (κ2) is 23.4. The van der Waals surface area contributed by atoms with Crippen LogP contribution in [0.15, 0.2) is 70.1 Å². The molecule has 2 unspecified atom stereocenters. The summed E-state index contributed by atoms with van der Waals surface area (Å²) >= 11 is 0. The first-order chi connectivity index (χ1) is 32.4. The molecule has 0 saturated heterocycles. The summed E-state index contributed by atoms with van der Waals surface area (Å²) in [6.45, 7) is 6.64. The molecule has 3 heterocycles. The van der Waals surface area contributed by atoms with Crippen molar-refractivity contribution in [3.05, 3.63) is 71.5 Å². The molecule has 0 saturated carbocycles. The summed E-state index contributed by atoms with van der Waals surface area (Å²) in [5.74, 6) is 2.71. The fourth-order valence-electron chi connectivity index (χ4n) is 9.57. The van der Waals surface area contributed by atoms with Gasteiger partial charge < -0.3 is 15.5 Å². The number of hydrazine groups is 1. The lowest BCUT2D eigenvalue weighted by atomic mass is 9.77. The third-order valence-electron chi connectivity index (χ3n) is 13.3. The van der Waals surface area contributed by atoms with E-state index in [-0.39, 0.29) is 78.5 Å². The molecule has 0 fully saturated rings. The monoisotopic (exact) mass is 1020 g/mol. The van der Waals surface area contributed by atoms with E-state index >= 15 is 0 Å². The average Bonchev–Trinajstić information content (AvgIpc) is 3.62. The van der Waals surface area contributed by atoms with Crippen LogP contribution in [0, 0.1) is 5.92 Å². The summed E-state index contributed by atoms with van der Waals surface area (Å²) < 4.78 is 105. The Hall–Kier alpha value is -4.84. The second-order valence-corrected chi connectivity index (χ2v) is 23.2. The van der Waals surface area contributed by atoms with Crippen molar-refractivity contribution in [2.75, 3.05) is 36.8 Å². The molecule has 0 radical (unpaired) electrons. The summed E-state index contributed by atoms with van der Waals surface area (Å²) in [5.41, 5.74) is 4.34. The van der Waals surface area contributed by atoms with Gasteiger partial charge in [-0.2, -0.15) is 29.8 Å². The van der Waals surface area contributed by atoms with Gasteiger partial charge in [-0.1, -0.05) is 25.3 Å². The van der Waals surface area contributed by atoms with E-state index in [9.17, 15) is 58.1 Å². The number of nitrogens with two attached hydrogens (primary N) is 1. The Kier molecular flexibility index (Phi) is 18.7. The number of fused-ring (bicyclic) bond motifs is 5. The molecule has 0 bridgehead atoms. The molecule has 0 spiro atoms. The van der Waals surface area contributed by atoms with Gasteiger partial charge in [0.25, 0.3) is 30.4 Å². The quantitative estimate of drug-likeness (QED) is 0.0349. The highest BCUT2D eigenvalue weighted by Crippen LogP contribution is 2.51. The summed E-state index contributed by atoms with van der Waals surface area (Å²) in [6, 6.07) is 8.68. The molecule has 2 aromatic carbocycles. The maximum atomic E-state index is 13.4. The first kappa shape index (κ1) is 55.1. The van der Waals surface area contributed by atoms with Crippen molar-refractivity contribution in [1.82, 2.24) is 16.1 Å². The number of nitrogens with zero attached hydrogens (tertiary/aromatic N) is 2. The molecule has 69 heavy (non-hydrogen) atoms. The molecule has 3 aliphatic heterocycles. The van der Waals surface area contributed by atoms with E-state index in [4.69, 9.17) is 5.84 Å². The zero-order valence-corrected chi connectivity index (χ0v) is 42.0. The third kappa shape index (κ3) is 14.6. The van der Waals surface area contributed by atoms with Crippen LogP contribution in [0.25, 0.3) is 0 Å². The molecule has 8 N–H and O–H groups in total. The van der Waals surface area contributed by atoms with E-state index in [0.29, 0.717) is 99.8 Å². The van der Waals surface area contributed by atoms with Crippen molar-refractivity contribution in [2.45, 2.75) is 138 Å². The molecule has 3 amide bonds. The molecular formula is C47H67N6O13S3+. The van der Waals surface area contributed by atoms with Crippen LogP contribution in [0.2, 0.25) is 0 Å². The molecule has 380 valence electrons. The van der Waals surface area contributed by atoms with Crippen molar-refractivity contribution >= 4 is 70.9 Å². The number of anilines is 1. The molecule has 19 nitrogen and oxygen atoms in total. The topological polar surface area (TPSA) is 300 Å². The highest BCUT2D eigenvalue weighted by molar-refractivity contribution is 7.86. The van der Waals surface area contributed by atoms with Gasteiger partial charge in [-0.05, 0) is 108 Å². The number of allylic oxidation sites excluding steroid dienone is 4. The lowest BCUT2D eigenvalue weighted by Crippen LogP contribution is -2.40. The predicted octanol–water partition coefficient (Wildman–Crippen LogP) is 4.93. The van der Waals surface area contributed by atoms with Gasteiger partial charge >= 0.3 is 0 Å². The summed E-state index contributed by atoms with van der Waals surface area (Å²) in [7, 11) is -13.5. The van der Waals surface area contributed by atoms with Gasteiger partial charge in [0.15, 0.2) is 5.71 Å². The number of amides is 3. The van der Waals surface area contributed by atoms with E-state index in [1.54, 1.807) is 12.1 Å². The number of carbonyl (C=O) groups is 4. The van der Waals surface area contributed by atoms with Gasteiger partial charge in [0, 0.05) is 86.2 Å². The minimum absolute atomic E-state index is 0.0105. The number of hydrogen-bond acceptors (Lipinski definition) is 12. The highest BCUT2D eigenvalue weighted by atomic mass is 32.2. The Morgan fingerprint density at radius 3 is 2.19 bits per heavy atom. The lowest BCUT2D eigenvalue weighted by molar-refractivity contribution is -0.438. The van der Waals surface area contributed by atoms with Crippen LogP contribution in [0.3, 0.4) is 0 Å². The van der Waals surface area contributed by atoms with Gasteiger partial charge in [-0.3, -0.25) is 38.3 Å². The Labute approximate surface area is 405 Å². The van der Waals surface area contributed by atoms with Crippen molar-refractivity contribution in [3.8, 4) is 0 Å². The average molecular weight is 1020 g/mol. The molecule has 2 aromatic rings. The number of nitrogens with one attached hydrogen (secondary N) is 3. The normalized spacial score (nSPS) is 22.3. The zero-order valence-electron chi connectivity index (χ0n) is 39.5. The maximum absolute atomic E-state index is 13.4. The van der Waals surface area contributed by atoms with Gasteiger partial charge in [-0.15, -0.1) is 0 Å². The van der Waals surface area contributed by atoms with Gasteiger partial charge in [0.05, 0.1) is 26.9 Å². The molecule has 0 aromatic heterocycles. The molecule has 5 rings (SSSR count). The smallest absolute Gasteiger partial charge is 0.294 e. The van der Waals surface area contributed by atoms with Crippen LogP contribution in [0.1, 0.15) is 128 Å². The fourth-order valence-corrected chi connectivity index (χ4v) is 11.1. The largest absolute Gasteiger partial charge is 0.356 e. The number of hydrogen-bond donors (Lipinski definition) is 7. The number of unbranched alkanes of at least 4 members (excludes halogenated alkanes) is 2. The van der Waals surface area contributed by atoms with Crippen LogP contribution in [-0.4, -0.2) is 105 Å². The minimum Gasteiger partial charge on any atom is -0.356 e. The van der Waals surface area contributed by atoms with Crippen molar-refractivity contribution in [3.63, 3.8) is 0 Å². The Bertz CT molecular complexity index is 2700. The van der Waals surface area contributed by atoms with E-state index in [0.717, 1.165) is 11.4 Å². The van der Waals surface area contributed by atoms with Crippen LogP contribution < -0.4 is 26.8 Å². The molecule has 3 aliphatic rings. The van der Waals surface area contributed by atoms with Crippen LogP contribution in [0.5, 0.6) is 0 Å². The Morgan fingerprint density at radius 2 is 1.51 bits per heavy atom. The van der Waals surface area contributed by atoms with E-state index < -0.39 is 52.9 Å². The Balaban J connectivity index is 1.51. The number of benzene rings is 2. The Morgan fingerprint density at radius 1 is 0.841 bits per heavy atom. The lowest BCUT2D eigenvalue weighted by Gasteiger charge is -2.30. The summed E-state index contributed by atoms with van der Waals surface area (Å²) in [6.07, 6.45) is 11.7. The number of carbonyl (C=O) groups excluding carboxylic acids is 4. The first-order valence-electron chi connectivity index (χ1n) is 23.4.